The lowest BCUT2D eigenvalue weighted by Crippen LogP contribution is -2.04. The normalized spacial score (nSPS) is 11.3. The molecule has 6 nitrogen and oxygen atoms in total. The Hall–Kier alpha value is -3.02. The van der Waals surface area contributed by atoms with Gasteiger partial charge < -0.3 is 5.32 Å². The van der Waals surface area contributed by atoms with Gasteiger partial charge in [-0.2, -0.15) is 0 Å². The van der Waals surface area contributed by atoms with Gasteiger partial charge in [-0.1, -0.05) is 6.07 Å². The molecule has 116 valence electrons. The minimum absolute atomic E-state index is 0.118. The van der Waals surface area contributed by atoms with Crippen LogP contribution < -0.4 is 5.32 Å². The van der Waals surface area contributed by atoms with Gasteiger partial charge >= 0.3 is 0 Å². The van der Waals surface area contributed by atoms with Crippen LogP contribution in [0.4, 0.5) is 17.2 Å². The molecule has 0 spiro atoms. The van der Waals surface area contributed by atoms with Crippen molar-refractivity contribution in [3.8, 4) is 0 Å². The summed E-state index contributed by atoms with van der Waals surface area (Å²) in [5, 5.41) is 11.3. The number of amides is 1. The van der Waals surface area contributed by atoms with Crippen molar-refractivity contribution < 1.29 is 4.79 Å². The van der Waals surface area contributed by atoms with Gasteiger partial charge in [0, 0.05) is 18.8 Å². The van der Waals surface area contributed by atoms with E-state index in [0.29, 0.717) is 17.2 Å². The number of carbonyl (C=O) groups is 1. The van der Waals surface area contributed by atoms with Gasteiger partial charge in [0.25, 0.3) is 0 Å². The highest BCUT2D eigenvalue weighted by Crippen LogP contribution is 2.25. The predicted octanol–water partition coefficient (Wildman–Crippen LogP) is 4.32. The molecular formula is C17H17N5O. The maximum atomic E-state index is 11.1. The van der Waals surface area contributed by atoms with E-state index in [1.807, 2.05) is 54.8 Å². The minimum atomic E-state index is -0.118. The molecule has 2 heterocycles. The molecule has 0 unspecified atom stereocenters. The largest absolute Gasteiger partial charge is 0.326 e. The molecule has 2 aromatic heterocycles. The zero-order chi connectivity index (χ0) is 16.4. The zero-order valence-corrected chi connectivity index (χ0v) is 13.2. The fourth-order valence-electron chi connectivity index (χ4n) is 2.33. The van der Waals surface area contributed by atoms with Crippen LogP contribution in [0.25, 0.3) is 5.65 Å². The summed E-state index contributed by atoms with van der Waals surface area (Å²) in [6.45, 7) is 5.40. The Labute approximate surface area is 133 Å². The van der Waals surface area contributed by atoms with Crippen LogP contribution in [0.2, 0.25) is 0 Å². The van der Waals surface area contributed by atoms with Crippen LogP contribution in [0.1, 0.15) is 18.2 Å². The third-order valence-corrected chi connectivity index (χ3v) is 3.35. The van der Waals surface area contributed by atoms with Crippen molar-refractivity contribution in [3.63, 3.8) is 0 Å². The van der Waals surface area contributed by atoms with Gasteiger partial charge in [0.2, 0.25) is 5.91 Å². The lowest BCUT2D eigenvalue weighted by molar-refractivity contribution is -0.114. The number of imidazole rings is 1. The van der Waals surface area contributed by atoms with Crippen molar-refractivity contribution in [2.24, 2.45) is 10.2 Å². The second kappa shape index (κ2) is 6.00. The highest BCUT2D eigenvalue weighted by molar-refractivity contribution is 5.89. The molecule has 0 bridgehead atoms. The molecule has 1 amide bonds. The first-order valence-corrected chi connectivity index (χ1v) is 7.27. The van der Waals surface area contributed by atoms with Crippen LogP contribution in [-0.4, -0.2) is 15.3 Å². The number of aromatic nitrogens is 2. The molecule has 3 aromatic rings. The number of carbonyl (C=O) groups excluding carboxylic acids is 1. The molecule has 23 heavy (non-hydrogen) atoms. The van der Waals surface area contributed by atoms with Crippen molar-refractivity contribution in [3.05, 3.63) is 53.9 Å². The molecule has 0 atom stereocenters. The van der Waals surface area contributed by atoms with Gasteiger partial charge in [0.1, 0.15) is 5.65 Å². The van der Waals surface area contributed by atoms with E-state index in [1.54, 1.807) is 6.07 Å². The first kappa shape index (κ1) is 14.9. The Morgan fingerprint density at radius 3 is 2.78 bits per heavy atom. The standard InChI is InChI=1S/C17H17N5O/c1-11-7-8-22-16(9-11)18-12(2)17(22)21-20-15-6-4-5-14(10-15)19-13(3)23/h4-10H,1-3H3,(H,19,23). The Kier molecular flexibility index (Phi) is 3.89. The summed E-state index contributed by atoms with van der Waals surface area (Å²) < 4.78 is 1.91. The lowest BCUT2D eigenvalue weighted by atomic mass is 10.3. The van der Waals surface area contributed by atoms with Crippen molar-refractivity contribution in [1.82, 2.24) is 9.38 Å². The number of nitrogens with zero attached hydrogens (tertiary/aromatic N) is 4. The van der Waals surface area contributed by atoms with Gasteiger partial charge in [-0.3, -0.25) is 9.20 Å². The molecule has 0 aliphatic heterocycles. The van der Waals surface area contributed by atoms with E-state index in [9.17, 15) is 4.79 Å². The summed E-state index contributed by atoms with van der Waals surface area (Å²) in [6.07, 6.45) is 1.94. The highest BCUT2D eigenvalue weighted by Gasteiger charge is 2.07. The van der Waals surface area contributed by atoms with Crippen molar-refractivity contribution >= 4 is 28.7 Å². The highest BCUT2D eigenvalue weighted by atomic mass is 16.1. The first-order valence-electron chi connectivity index (χ1n) is 7.27. The molecule has 6 heteroatoms. The predicted molar refractivity (Wildman–Crippen MR) is 89.6 cm³/mol. The van der Waals surface area contributed by atoms with E-state index in [0.717, 1.165) is 16.9 Å². The molecule has 1 N–H and O–H groups in total. The number of pyridine rings is 1. The molecule has 0 radical (unpaired) electrons. The van der Waals surface area contributed by atoms with Crippen molar-refractivity contribution in [2.75, 3.05) is 5.32 Å². The summed E-state index contributed by atoms with van der Waals surface area (Å²) in [4.78, 5) is 15.6. The van der Waals surface area contributed by atoms with E-state index in [1.165, 1.54) is 6.92 Å². The topological polar surface area (TPSA) is 71.1 Å². The van der Waals surface area contributed by atoms with Crippen molar-refractivity contribution in [2.45, 2.75) is 20.8 Å². The summed E-state index contributed by atoms with van der Waals surface area (Å²) in [5.74, 6) is 0.581. The van der Waals surface area contributed by atoms with Gasteiger partial charge in [-0.25, -0.2) is 4.98 Å². The lowest BCUT2D eigenvalue weighted by Gasteiger charge is -2.02. The average molecular weight is 307 g/mol. The van der Waals surface area contributed by atoms with E-state index in [2.05, 4.69) is 20.5 Å². The summed E-state index contributed by atoms with van der Waals surface area (Å²) in [7, 11) is 0. The number of nitrogens with one attached hydrogen (secondary N) is 1. The quantitative estimate of drug-likeness (QED) is 0.732. The Morgan fingerprint density at radius 1 is 1.17 bits per heavy atom. The van der Waals surface area contributed by atoms with E-state index < -0.39 is 0 Å². The molecule has 0 aliphatic carbocycles. The number of rotatable bonds is 3. The second-order valence-corrected chi connectivity index (χ2v) is 5.38. The van der Waals surface area contributed by atoms with E-state index in [4.69, 9.17) is 0 Å². The molecule has 0 aliphatic rings. The Morgan fingerprint density at radius 2 is 2.00 bits per heavy atom. The summed E-state index contributed by atoms with van der Waals surface area (Å²) in [5.41, 5.74) is 4.17. The second-order valence-electron chi connectivity index (χ2n) is 5.38. The third kappa shape index (κ3) is 3.26. The SMILES string of the molecule is CC(=O)Nc1cccc(N=Nc2c(C)nc3cc(C)ccn23)c1. The number of hydrogen-bond acceptors (Lipinski definition) is 4. The van der Waals surface area contributed by atoms with Crippen LogP contribution >= 0.6 is 0 Å². The maximum absolute atomic E-state index is 11.1. The fraction of sp³-hybridized carbons (Fsp3) is 0.176. The van der Waals surface area contributed by atoms with Crippen LogP contribution in [-0.2, 0) is 4.79 Å². The fourth-order valence-corrected chi connectivity index (χ4v) is 2.33. The van der Waals surface area contributed by atoms with Crippen molar-refractivity contribution in [1.29, 1.82) is 0 Å². The minimum Gasteiger partial charge on any atom is -0.326 e. The van der Waals surface area contributed by atoms with E-state index in [-0.39, 0.29) is 5.91 Å². The summed E-state index contributed by atoms with van der Waals surface area (Å²) >= 11 is 0. The number of anilines is 1. The first-order chi connectivity index (χ1) is 11.0. The van der Waals surface area contributed by atoms with E-state index >= 15 is 0 Å². The number of aryl methyl sites for hydroxylation is 2. The third-order valence-electron chi connectivity index (χ3n) is 3.35. The Bertz CT molecular complexity index is 910. The summed E-state index contributed by atoms with van der Waals surface area (Å²) in [6, 6.07) is 11.2. The van der Waals surface area contributed by atoms with Gasteiger partial charge in [-0.15, -0.1) is 10.2 Å². The monoisotopic (exact) mass is 307 g/mol. The molecule has 0 saturated heterocycles. The van der Waals surface area contributed by atoms with Crippen LogP contribution in [0.15, 0.2) is 52.8 Å². The number of benzene rings is 1. The molecular weight excluding hydrogens is 290 g/mol. The average Bonchev–Trinajstić information content (AvgIpc) is 2.79. The molecule has 1 aromatic carbocycles. The number of fused-ring (bicyclic) bond motifs is 1. The van der Waals surface area contributed by atoms with Gasteiger partial charge in [0.05, 0.1) is 11.4 Å². The number of azo groups is 1. The van der Waals surface area contributed by atoms with Gasteiger partial charge in [-0.05, 0) is 49.7 Å². The van der Waals surface area contributed by atoms with Crippen LogP contribution in [0, 0.1) is 13.8 Å². The van der Waals surface area contributed by atoms with Gasteiger partial charge in [0.15, 0.2) is 5.82 Å². The zero-order valence-electron chi connectivity index (χ0n) is 13.2. The molecule has 3 rings (SSSR count). The molecule has 0 saturated carbocycles. The smallest absolute Gasteiger partial charge is 0.221 e. The van der Waals surface area contributed by atoms with Crippen LogP contribution in [0.3, 0.4) is 0 Å². The number of hydrogen-bond donors (Lipinski definition) is 1. The molecule has 0 fully saturated rings. The van der Waals surface area contributed by atoms with Crippen LogP contribution in [0.5, 0.6) is 0 Å². The maximum Gasteiger partial charge on any atom is 0.221 e. The Balaban J connectivity index is 1.94.